The highest BCUT2D eigenvalue weighted by atomic mass is 19.1. The van der Waals surface area contributed by atoms with Crippen LogP contribution in [0.15, 0.2) is 24.3 Å². The smallest absolute Gasteiger partial charge is 0.321 e. The molecule has 0 heterocycles. The number of halogens is 1. The number of benzene rings is 1. The molecule has 0 aliphatic carbocycles. The molecule has 0 fully saturated rings. The van der Waals surface area contributed by atoms with Crippen molar-refractivity contribution in [2.45, 2.75) is 20.3 Å². The van der Waals surface area contributed by atoms with E-state index >= 15 is 0 Å². The summed E-state index contributed by atoms with van der Waals surface area (Å²) in [5.41, 5.74) is 0.438. The third kappa shape index (κ3) is 4.22. The number of carboxylic acid groups (broad SMARTS) is 1. The van der Waals surface area contributed by atoms with Gasteiger partial charge in [0.05, 0.1) is 5.92 Å². The molecule has 2 N–H and O–H groups in total. The first-order chi connectivity index (χ1) is 9.49. The second-order valence-electron chi connectivity index (χ2n) is 4.35. The quantitative estimate of drug-likeness (QED) is 0.842. The Labute approximate surface area is 117 Å². The Morgan fingerprint density at radius 2 is 2.10 bits per heavy atom. The first-order valence-electron chi connectivity index (χ1n) is 6.53. The van der Waals surface area contributed by atoms with Crippen molar-refractivity contribution in [1.82, 2.24) is 5.32 Å². The van der Waals surface area contributed by atoms with Gasteiger partial charge in [-0.05, 0) is 31.5 Å². The number of carbonyl (C=O) groups is 2. The van der Waals surface area contributed by atoms with Crippen LogP contribution in [-0.4, -0.2) is 30.2 Å². The van der Waals surface area contributed by atoms with E-state index in [9.17, 15) is 14.0 Å². The normalized spacial score (nSPS) is 11.8. The van der Waals surface area contributed by atoms with Gasteiger partial charge in [0.15, 0.2) is 0 Å². The summed E-state index contributed by atoms with van der Waals surface area (Å²) in [6, 6.07) is 5.27. The molecular weight excluding hydrogens is 263 g/mol. The van der Waals surface area contributed by atoms with E-state index in [4.69, 9.17) is 5.11 Å². The van der Waals surface area contributed by atoms with Crippen LogP contribution in [-0.2, 0) is 4.79 Å². The first-order valence-corrected chi connectivity index (χ1v) is 6.53. The highest BCUT2D eigenvalue weighted by Crippen LogP contribution is 2.15. The summed E-state index contributed by atoms with van der Waals surface area (Å²) in [5, 5.41) is 11.5. The van der Waals surface area contributed by atoms with Crippen molar-refractivity contribution in [2.75, 3.05) is 18.0 Å². The van der Waals surface area contributed by atoms with Crippen molar-refractivity contribution in [2.24, 2.45) is 5.92 Å². The molecule has 0 spiro atoms. The zero-order chi connectivity index (χ0) is 15.1. The molecule has 0 aliphatic heterocycles. The van der Waals surface area contributed by atoms with Crippen LogP contribution >= 0.6 is 0 Å². The lowest BCUT2D eigenvalue weighted by molar-refractivity contribution is -0.141. The molecule has 110 valence electrons. The maximum atomic E-state index is 13.2. The second-order valence-corrected chi connectivity index (χ2v) is 4.35. The largest absolute Gasteiger partial charge is 0.481 e. The Hall–Kier alpha value is -2.11. The average Bonchev–Trinajstić information content (AvgIpc) is 2.40. The van der Waals surface area contributed by atoms with Crippen molar-refractivity contribution in [3.63, 3.8) is 0 Å². The topological polar surface area (TPSA) is 69.6 Å². The molecule has 2 amide bonds. The van der Waals surface area contributed by atoms with Gasteiger partial charge in [0, 0.05) is 18.8 Å². The molecule has 0 saturated heterocycles. The summed E-state index contributed by atoms with van der Waals surface area (Å²) in [7, 11) is 0. The van der Waals surface area contributed by atoms with E-state index in [1.807, 2.05) is 0 Å². The molecule has 1 atom stereocenters. The summed E-state index contributed by atoms with van der Waals surface area (Å²) >= 11 is 0. The number of nitrogens with zero attached hydrogens (tertiary/aromatic N) is 1. The van der Waals surface area contributed by atoms with Crippen LogP contribution in [0.25, 0.3) is 0 Å². The zero-order valence-corrected chi connectivity index (χ0v) is 11.6. The molecule has 0 saturated carbocycles. The van der Waals surface area contributed by atoms with Crippen LogP contribution in [0.1, 0.15) is 20.3 Å². The number of carboxylic acids is 1. The number of hydrogen-bond donors (Lipinski definition) is 2. The molecule has 5 nitrogen and oxygen atoms in total. The van der Waals surface area contributed by atoms with E-state index in [0.717, 1.165) is 0 Å². The predicted octanol–water partition coefficient (Wildman–Crippen LogP) is 2.47. The molecule has 0 radical (unpaired) electrons. The molecule has 1 unspecified atom stereocenters. The van der Waals surface area contributed by atoms with Crippen molar-refractivity contribution in [3.05, 3.63) is 30.1 Å². The number of rotatable bonds is 6. The number of nitrogens with one attached hydrogen (secondary N) is 1. The number of urea groups is 1. The Balaban J connectivity index is 2.71. The summed E-state index contributed by atoms with van der Waals surface area (Å²) in [6.07, 6.45) is 0.432. The minimum atomic E-state index is -0.943. The van der Waals surface area contributed by atoms with Crippen LogP contribution in [0.3, 0.4) is 0 Å². The predicted molar refractivity (Wildman–Crippen MR) is 74.2 cm³/mol. The van der Waals surface area contributed by atoms with Crippen LogP contribution in [0.5, 0.6) is 0 Å². The molecule has 0 aromatic heterocycles. The molecule has 20 heavy (non-hydrogen) atoms. The van der Waals surface area contributed by atoms with Crippen molar-refractivity contribution in [3.8, 4) is 0 Å². The number of hydrogen-bond acceptors (Lipinski definition) is 2. The molecule has 0 aliphatic rings. The maximum Gasteiger partial charge on any atom is 0.321 e. The summed E-state index contributed by atoms with van der Waals surface area (Å²) in [6.45, 7) is 3.92. The highest BCUT2D eigenvalue weighted by molar-refractivity contribution is 5.92. The van der Waals surface area contributed by atoms with Crippen LogP contribution in [0, 0.1) is 11.7 Å². The Kier molecular flexibility index (Phi) is 5.96. The third-order valence-electron chi connectivity index (χ3n) is 3.02. The van der Waals surface area contributed by atoms with Crippen molar-refractivity contribution < 1.29 is 19.1 Å². The molecule has 1 rings (SSSR count). The lowest BCUT2D eigenvalue weighted by atomic mass is 10.1. The number of anilines is 1. The molecular formula is C14H19FN2O3. The zero-order valence-electron chi connectivity index (χ0n) is 11.6. The molecule has 1 aromatic rings. The van der Waals surface area contributed by atoms with Gasteiger partial charge in [0.1, 0.15) is 5.82 Å². The van der Waals surface area contributed by atoms with Gasteiger partial charge in [-0.1, -0.05) is 13.0 Å². The molecule has 6 heteroatoms. The maximum absolute atomic E-state index is 13.2. The first kappa shape index (κ1) is 15.9. The van der Waals surface area contributed by atoms with Gasteiger partial charge in [-0.2, -0.15) is 0 Å². The van der Waals surface area contributed by atoms with E-state index in [2.05, 4.69) is 5.32 Å². The second kappa shape index (κ2) is 7.47. The Morgan fingerprint density at radius 1 is 1.40 bits per heavy atom. The standard InChI is InChI=1S/C14H19FN2O3/c1-3-10(13(18)19)9-16-14(20)17(4-2)12-7-5-6-11(15)8-12/h5-8,10H,3-4,9H2,1-2H3,(H,16,20)(H,18,19). The Bertz CT molecular complexity index is 479. The Morgan fingerprint density at radius 3 is 2.60 bits per heavy atom. The van der Waals surface area contributed by atoms with Crippen LogP contribution in [0.4, 0.5) is 14.9 Å². The van der Waals surface area contributed by atoms with Crippen LogP contribution in [0.2, 0.25) is 0 Å². The lowest BCUT2D eigenvalue weighted by Crippen LogP contribution is -2.43. The fraction of sp³-hybridized carbons (Fsp3) is 0.429. The number of aliphatic carboxylic acids is 1. The van der Waals surface area contributed by atoms with E-state index in [1.165, 1.54) is 23.1 Å². The van der Waals surface area contributed by atoms with E-state index in [-0.39, 0.29) is 6.54 Å². The van der Waals surface area contributed by atoms with Gasteiger partial charge >= 0.3 is 12.0 Å². The average molecular weight is 282 g/mol. The van der Waals surface area contributed by atoms with Crippen molar-refractivity contribution in [1.29, 1.82) is 0 Å². The van der Waals surface area contributed by atoms with E-state index in [0.29, 0.717) is 18.7 Å². The van der Waals surface area contributed by atoms with Gasteiger partial charge < -0.3 is 10.4 Å². The minimum absolute atomic E-state index is 0.0521. The third-order valence-corrected chi connectivity index (χ3v) is 3.02. The lowest BCUT2D eigenvalue weighted by Gasteiger charge is -2.22. The van der Waals surface area contributed by atoms with Gasteiger partial charge in [-0.15, -0.1) is 0 Å². The molecule has 1 aromatic carbocycles. The fourth-order valence-electron chi connectivity index (χ4n) is 1.80. The number of amides is 2. The van der Waals surface area contributed by atoms with Gasteiger partial charge in [-0.25, -0.2) is 9.18 Å². The van der Waals surface area contributed by atoms with Crippen molar-refractivity contribution >= 4 is 17.7 Å². The van der Waals surface area contributed by atoms with E-state index < -0.39 is 23.7 Å². The monoisotopic (exact) mass is 282 g/mol. The summed E-state index contributed by atoms with van der Waals surface area (Å²) in [5.74, 6) is -1.99. The van der Waals surface area contributed by atoms with Gasteiger partial charge in [-0.3, -0.25) is 9.69 Å². The number of carbonyl (C=O) groups excluding carboxylic acids is 1. The fourth-order valence-corrected chi connectivity index (χ4v) is 1.80. The van der Waals surface area contributed by atoms with Gasteiger partial charge in [0.2, 0.25) is 0 Å². The van der Waals surface area contributed by atoms with Crippen LogP contribution < -0.4 is 10.2 Å². The highest BCUT2D eigenvalue weighted by Gasteiger charge is 2.19. The molecule has 0 bridgehead atoms. The summed E-state index contributed by atoms with van der Waals surface area (Å²) < 4.78 is 13.2. The van der Waals surface area contributed by atoms with Gasteiger partial charge in [0.25, 0.3) is 0 Å². The van der Waals surface area contributed by atoms with E-state index in [1.54, 1.807) is 19.9 Å². The SMILES string of the molecule is CCC(CNC(=O)N(CC)c1cccc(F)c1)C(=O)O. The minimum Gasteiger partial charge on any atom is -0.481 e. The summed E-state index contributed by atoms with van der Waals surface area (Å²) in [4.78, 5) is 24.3.